The second kappa shape index (κ2) is 8.36. The SMILES string of the molecule is COc1ccc(C(=O)Oc2ccc3c(=O)c(-c4ccc(OC)cc4)c(C)oc3c2)cc1. The Balaban J connectivity index is 1.66. The summed E-state index contributed by atoms with van der Waals surface area (Å²) in [6.07, 6.45) is 0. The summed E-state index contributed by atoms with van der Waals surface area (Å²) in [7, 11) is 3.14. The van der Waals surface area contributed by atoms with Crippen LogP contribution in [0.3, 0.4) is 0 Å². The van der Waals surface area contributed by atoms with Gasteiger partial charge in [-0.1, -0.05) is 12.1 Å². The number of ether oxygens (including phenoxy) is 3. The Morgan fingerprint density at radius 3 is 2.00 bits per heavy atom. The zero-order chi connectivity index (χ0) is 22.0. The van der Waals surface area contributed by atoms with Crippen LogP contribution in [-0.2, 0) is 0 Å². The zero-order valence-corrected chi connectivity index (χ0v) is 17.3. The maximum Gasteiger partial charge on any atom is 0.343 e. The van der Waals surface area contributed by atoms with Crippen LogP contribution in [-0.4, -0.2) is 20.2 Å². The smallest absolute Gasteiger partial charge is 0.343 e. The van der Waals surface area contributed by atoms with Crippen LogP contribution in [0.1, 0.15) is 16.1 Å². The van der Waals surface area contributed by atoms with E-state index in [0.717, 1.165) is 5.56 Å². The first-order valence-corrected chi connectivity index (χ1v) is 9.58. The fourth-order valence-corrected chi connectivity index (χ4v) is 3.33. The Bertz CT molecular complexity index is 1300. The molecule has 0 unspecified atom stereocenters. The van der Waals surface area contributed by atoms with Gasteiger partial charge in [0.05, 0.1) is 30.7 Å². The first-order chi connectivity index (χ1) is 15.0. The van der Waals surface area contributed by atoms with Gasteiger partial charge >= 0.3 is 5.97 Å². The van der Waals surface area contributed by atoms with Crippen LogP contribution in [0, 0.1) is 6.92 Å². The normalized spacial score (nSPS) is 10.7. The Labute approximate surface area is 178 Å². The Hall–Kier alpha value is -4.06. The van der Waals surface area contributed by atoms with Gasteiger partial charge in [-0.05, 0) is 61.0 Å². The largest absolute Gasteiger partial charge is 0.497 e. The average Bonchev–Trinajstić information content (AvgIpc) is 2.79. The number of hydrogen-bond acceptors (Lipinski definition) is 6. The summed E-state index contributed by atoms with van der Waals surface area (Å²) in [6.45, 7) is 1.73. The van der Waals surface area contributed by atoms with Crippen LogP contribution < -0.4 is 19.6 Å². The van der Waals surface area contributed by atoms with E-state index in [0.29, 0.717) is 39.4 Å². The van der Waals surface area contributed by atoms with Crippen molar-refractivity contribution in [3.8, 4) is 28.4 Å². The van der Waals surface area contributed by atoms with Crippen molar-refractivity contribution in [2.75, 3.05) is 14.2 Å². The first-order valence-electron chi connectivity index (χ1n) is 9.58. The molecule has 0 atom stereocenters. The highest BCUT2D eigenvalue weighted by Crippen LogP contribution is 2.28. The van der Waals surface area contributed by atoms with Crippen molar-refractivity contribution in [2.24, 2.45) is 0 Å². The second-order valence-corrected chi connectivity index (χ2v) is 6.87. The van der Waals surface area contributed by atoms with E-state index >= 15 is 0 Å². The molecule has 156 valence electrons. The highest BCUT2D eigenvalue weighted by molar-refractivity contribution is 5.92. The van der Waals surface area contributed by atoms with Crippen LogP contribution in [0.5, 0.6) is 17.2 Å². The molecule has 6 nitrogen and oxygen atoms in total. The maximum absolute atomic E-state index is 13.1. The second-order valence-electron chi connectivity index (χ2n) is 6.87. The summed E-state index contributed by atoms with van der Waals surface area (Å²) in [5.41, 5.74) is 1.80. The fraction of sp³-hybridized carbons (Fsp3) is 0.120. The van der Waals surface area contributed by atoms with E-state index < -0.39 is 5.97 Å². The van der Waals surface area contributed by atoms with E-state index in [9.17, 15) is 9.59 Å². The molecular formula is C25H20O6. The summed E-state index contributed by atoms with van der Waals surface area (Å²) >= 11 is 0. The number of fused-ring (bicyclic) bond motifs is 1. The maximum atomic E-state index is 13.1. The summed E-state index contributed by atoms with van der Waals surface area (Å²) < 4.78 is 21.6. The van der Waals surface area contributed by atoms with Crippen molar-refractivity contribution in [1.82, 2.24) is 0 Å². The van der Waals surface area contributed by atoms with Crippen molar-refractivity contribution in [2.45, 2.75) is 6.92 Å². The predicted octanol–water partition coefficient (Wildman–Crippen LogP) is 5.00. The first kappa shape index (κ1) is 20.2. The number of esters is 1. The van der Waals surface area contributed by atoms with Crippen molar-refractivity contribution in [1.29, 1.82) is 0 Å². The van der Waals surface area contributed by atoms with E-state index in [1.807, 2.05) is 12.1 Å². The standard InChI is InChI=1S/C25H20O6/c1-15-23(16-4-8-18(28-2)9-5-16)24(26)21-13-12-20(14-22(21)30-15)31-25(27)17-6-10-19(29-3)11-7-17/h4-14H,1-3H3. The minimum Gasteiger partial charge on any atom is -0.497 e. The lowest BCUT2D eigenvalue weighted by atomic mass is 10.0. The molecule has 0 fully saturated rings. The van der Waals surface area contributed by atoms with Gasteiger partial charge < -0.3 is 18.6 Å². The summed E-state index contributed by atoms with van der Waals surface area (Å²) in [5, 5.41) is 0.403. The minimum atomic E-state index is -0.518. The van der Waals surface area contributed by atoms with E-state index in [-0.39, 0.29) is 11.2 Å². The minimum absolute atomic E-state index is 0.156. The van der Waals surface area contributed by atoms with Gasteiger partial charge in [-0.3, -0.25) is 4.79 Å². The lowest BCUT2D eigenvalue weighted by Crippen LogP contribution is -2.10. The molecule has 1 heterocycles. The number of aryl methyl sites for hydroxylation is 1. The number of benzene rings is 3. The van der Waals surface area contributed by atoms with Crippen LogP contribution in [0.2, 0.25) is 0 Å². The van der Waals surface area contributed by atoms with Crippen molar-refractivity contribution < 1.29 is 23.4 Å². The van der Waals surface area contributed by atoms with Gasteiger partial charge in [-0.25, -0.2) is 4.79 Å². The number of rotatable bonds is 5. The van der Waals surface area contributed by atoms with Crippen molar-refractivity contribution in [3.63, 3.8) is 0 Å². The van der Waals surface area contributed by atoms with Gasteiger partial charge in [0.25, 0.3) is 0 Å². The molecule has 6 heteroatoms. The molecule has 0 aliphatic rings. The highest BCUT2D eigenvalue weighted by Gasteiger charge is 2.15. The molecule has 0 saturated carbocycles. The molecule has 1 aromatic heterocycles. The lowest BCUT2D eigenvalue weighted by Gasteiger charge is -2.09. The molecule has 0 saturated heterocycles. The van der Waals surface area contributed by atoms with Crippen molar-refractivity contribution in [3.05, 3.63) is 88.3 Å². The van der Waals surface area contributed by atoms with Crippen LogP contribution >= 0.6 is 0 Å². The molecule has 0 N–H and O–H groups in total. The molecule has 0 bridgehead atoms. The molecule has 4 aromatic rings. The van der Waals surface area contributed by atoms with E-state index in [1.54, 1.807) is 75.7 Å². The predicted molar refractivity (Wildman–Crippen MR) is 117 cm³/mol. The fourth-order valence-electron chi connectivity index (χ4n) is 3.33. The molecular weight excluding hydrogens is 396 g/mol. The molecule has 0 amide bonds. The quantitative estimate of drug-likeness (QED) is 0.336. The number of carbonyl (C=O) groups excluding carboxylic acids is 1. The molecule has 0 radical (unpaired) electrons. The van der Waals surface area contributed by atoms with E-state index in [4.69, 9.17) is 18.6 Å². The zero-order valence-electron chi connectivity index (χ0n) is 17.3. The molecule has 0 aliphatic carbocycles. The van der Waals surface area contributed by atoms with Crippen LogP contribution in [0.25, 0.3) is 22.1 Å². The molecule has 4 rings (SSSR count). The lowest BCUT2D eigenvalue weighted by molar-refractivity contribution is 0.0735. The third-order valence-electron chi connectivity index (χ3n) is 4.95. The third kappa shape index (κ3) is 4.00. The van der Waals surface area contributed by atoms with E-state index in [2.05, 4.69) is 0 Å². The third-order valence-corrected chi connectivity index (χ3v) is 4.95. The van der Waals surface area contributed by atoms with Gasteiger partial charge in [0, 0.05) is 6.07 Å². The summed E-state index contributed by atoms with van der Waals surface area (Å²) in [5.74, 6) is 1.59. The van der Waals surface area contributed by atoms with Crippen molar-refractivity contribution >= 4 is 16.9 Å². The molecule has 0 aliphatic heterocycles. The van der Waals surface area contributed by atoms with E-state index in [1.165, 1.54) is 0 Å². The Kier molecular flexibility index (Phi) is 5.45. The molecule has 0 spiro atoms. The van der Waals surface area contributed by atoms with Gasteiger partial charge in [-0.15, -0.1) is 0 Å². The van der Waals surface area contributed by atoms with Gasteiger partial charge in [0.15, 0.2) is 0 Å². The Morgan fingerprint density at radius 2 is 1.39 bits per heavy atom. The summed E-state index contributed by atoms with van der Waals surface area (Å²) in [6, 6.07) is 18.5. The van der Waals surface area contributed by atoms with Gasteiger partial charge in [0.2, 0.25) is 5.43 Å². The van der Waals surface area contributed by atoms with Gasteiger partial charge in [-0.2, -0.15) is 0 Å². The van der Waals surface area contributed by atoms with Crippen LogP contribution in [0.4, 0.5) is 0 Å². The Morgan fingerprint density at radius 1 is 0.806 bits per heavy atom. The topological polar surface area (TPSA) is 75.0 Å². The van der Waals surface area contributed by atoms with Gasteiger partial charge in [0.1, 0.15) is 28.6 Å². The molecule has 31 heavy (non-hydrogen) atoms. The average molecular weight is 416 g/mol. The number of hydrogen-bond donors (Lipinski definition) is 0. The number of carbonyl (C=O) groups is 1. The molecule has 3 aromatic carbocycles. The summed E-state index contributed by atoms with van der Waals surface area (Å²) in [4.78, 5) is 25.5. The number of methoxy groups -OCH3 is 2. The highest BCUT2D eigenvalue weighted by atomic mass is 16.5. The monoisotopic (exact) mass is 416 g/mol. The van der Waals surface area contributed by atoms with Crippen LogP contribution in [0.15, 0.2) is 75.9 Å².